The van der Waals surface area contributed by atoms with Gasteiger partial charge in [-0.25, -0.2) is 4.98 Å². The molecule has 1 aliphatic carbocycles. The van der Waals surface area contributed by atoms with E-state index in [2.05, 4.69) is 34.3 Å². The lowest BCUT2D eigenvalue weighted by molar-refractivity contribution is 0.727. The molecule has 0 amide bonds. The molecule has 27 heavy (non-hydrogen) atoms. The van der Waals surface area contributed by atoms with Crippen molar-refractivity contribution in [2.24, 2.45) is 4.99 Å². The third kappa shape index (κ3) is 2.82. The summed E-state index contributed by atoms with van der Waals surface area (Å²) in [6.07, 6.45) is 3.60. The van der Waals surface area contributed by atoms with Crippen LogP contribution in [0.15, 0.2) is 58.3 Å². The van der Waals surface area contributed by atoms with Crippen LogP contribution in [0.3, 0.4) is 0 Å². The molecule has 0 bridgehead atoms. The molecule has 5 rings (SSSR count). The maximum Gasteiger partial charge on any atom is 0.282 e. The molecule has 0 atom stereocenters. The molecule has 2 aromatic heterocycles. The average Bonchev–Trinajstić information content (AvgIpc) is 3.35. The van der Waals surface area contributed by atoms with E-state index in [1.54, 1.807) is 6.21 Å². The van der Waals surface area contributed by atoms with Crippen LogP contribution in [0, 0.1) is 6.92 Å². The van der Waals surface area contributed by atoms with E-state index in [0.717, 1.165) is 28.8 Å². The SMILES string of the molecule is Cc1[nH]n(-c2nc3ccccc3s2)c(=O)c1C=NC1Cc2ccccc2C1. The number of benzene rings is 2. The number of aryl methyl sites for hydroxylation is 1. The van der Waals surface area contributed by atoms with Crippen LogP contribution in [0.5, 0.6) is 0 Å². The van der Waals surface area contributed by atoms with Gasteiger partial charge in [-0.15, -0.1) is 0 Å². The number of para-hydroxylation sites is 1. The van der Waals surface area contributed by atoms with E-state index >= 15 is 0 Å². The van der Waals surface area contributed by atoms with Crippen molar-refractivity contribution >= 4 is 27.8 Å². The van der Waals surface area contributed by atoms with E-state index in [0.29, 0.717) is 10.7 Å². The summed E-state index contributed by atoms with van der Waals surface area (Å²) in [4.78, 5) is 22.2. The molecule has 1 N–H and O–H groups in total. The summed E-state index contributed by atoms with van der Waals surface area (Å²) in [5, 5.41) is 3.79. The zero-order valence-electron chi connectivity index (χ0n) is 14.8. The van der Waals surface area contributed by atoms with Gasteiger partial charge in [-0.1, -0.05) is 47.7 Å². The smallest absolute Gasteiger partial charge is 0.282 e. The second kappa shape index (κ2) is 6.32. The Balaban J connectivity index is 1.45. The minimum absolute atomic E-state index is 0.106. The van der Waals surface area contributed by atoms with Gasteiger partial charge in [-0.2, -0.15) is 4.68 Å². The Bertz CT molecular complexity index is 1170. The molecule has 0 aliphatic heterocycles. The first kappa shape index (κ1) is 16.2. The van der Waals surface area contributed by atoms with Crippen molar-refractivity contribution in [3.05, 3.63) is 81.3 Å². The lowest BCUT2D eigenvalue weighted by Gasteiger charge is -2.00. The van der Waals surface area contributed by atoms with Crippen molar-refractivity contribution < 1.29 is 0 Å². The first-order valence-corrected chi connectivity index (χ1v) is 9.78. The molecule has 2 aromatic carbocycles. The van der Waals surface area contributed by atoms with E-state index < -0.39 is 0 Å². The Labute approximate surface area is 160 Å². The highest BCUT2D eigenvalue weighted by Gasteiger charge is 2.20. The van der Waals surface area contributed by atoms with Gasteiger partial charge in [-0.05, 0) is 43.0 Å². The van der Waals surface area contributed by atoms with E-state index in [1.807, 2.05) is 31.2 Å². The molecule has 0 fully saturated rings. The van der Waals surface area contributed by atoms with Crippen molar-refractivity contribution in [1.82, 2.24) is 14.8 Å². The Morgan fingerprint density at radius 3 is 2.59 bits per heavy atom. The monoisotopic (exact) mass is 374 g/mol. The largest absolute Gasteiger partial charge is 0.293 e. The maximum atomic E-state index is 12.9. The number of hydrogen-bond acceptors (Lipinski definition) is 4. The number of fused-ring (bicyclic) bond motifs is 2. The van der Waals surface area contributed by atoms with Crippen LogP contribution in [0.25, 0.3) is 15.3 Å². The Morgan fingerprint density at radius 2 is 1.85 bits per heavy atom. The van der Waals surface area contributed by atoms with E-state index in [4.69, 9.17) is 4.99 Å². The Morgan fingerprint density at radius 1 is 1.15 bits per heavy atom. The average molecular weight is 374 g/mol. The van der Waals surface area contributed by atoms with Gasteiger partial charge in [0.15, 0.2) is 0 Å². The molecule has 0 unspecified atom stereocenters. The highest BCUT2D eigenvalue weighted by molar-refractivity contribution is 7.20. The summed E-state index contributed by atoms with van der Waals surface area (Å²) in [6.45, 7) is 1.90. The first-order valence-electron chi connectivity index (χ1n) is 8.96. The standard InChI is InChI=1S/C21H18N4OS/c1-13-17(12-22-16-10-14-6-2-3-7-15(14)11-16)20(26)25(24-13)21-23-18-8-4-5-9-19(18)27-21/h2-9,12,16,24H,10-11H2,1H3. The van der Waals surface area contributed by atoms with Crippen LogP contribution in [0.4, 0.5) is 0 Å². The highest BCUT2D eigenvalue weighted by Crippen LogP contribution is 2.25. The number of aliphatic imine (C=N–C) groups is 1. The molecular formula is C21H18N4OS. The second-order valence-electron chi connectivity index (χ2n) is 6.86. The predicted octanol–water partition coefficient (Wildman–Crippen LogP) is 3.67. The molecule has 0 saturated heterocycles. The van der Waals surface area contributed by atoms with E-state index in [-0.39, 0.29) is 11.6 Å². The predicted molar refractivity (Wildman–Crippen MR) is 110 cm³/mol. The summed E-state index contributed by atoms with van der Waals surface area (Å²) in [7, 11) is 0. The Hall–Kier alpha value is -2.99. The number of rotatable bonds is 3. The van der Waals surface area contributed by atoms with Crippen LogP contribution < -0.4 is 5.56 Å². The lowest BCUT2D eigenvalue weighted by atomic mass is 10.1. The van der Waals surface area contributed by atoms with E-state index in [1.165, 1.54) is 27.1 Å². The summed E-state index contributed by atoms with van der Waals surface area (Å²) in [5.41, 5.74) is 4.92. The quantitative estimate of drug-likeness (QED) is 0.556. The molecular weight excluding hydrogens is 356 g/mol. The van der Waals surface area contributed by atoms with Crippen molar-refractivity contribution in [2.45, 2.75) is 25.8 Å². The number of aromatic nitrogens is 3. The topological polar surface area (TPSA) is 63.0 Å². The summed E-state index contributed by atoms with van der Waals surface area (Å²) >= 11 is 1.50. The minimum atomic E-state index is -0.106. The van der Waals surface area contributed by atoms with Gasteiger partial charge in [0.05, 0.1) is 21.8 Å². The van der Waals surface area contributed by atoms with Gasteiger partial charge >= 0.3 is 0 Å². The fourth-order valence-electron chi connectivity index (χ4n) is 3.62. The van der Waals surface area contributed by atoms with Crippen molar-refractivity contribution in [3.63, 3.8) is 0 Å². The summed E-state index contributed by atoms with van der Waals surface area (Å²) in [6, 6.07) is 16.5. The molecule has 4 aromatic rings. The van der Waals surface area contributed by atoms with Crippen LogP contribution >= 0.6 is 11.3 Å². The molecule has 0 radical (unpaired) electrons. The lowest BCUT2D eigenvalue weighted by Crippen LogP contribution is -2.17. The van der Waals surface area contributed by atoms with Gasteiger partial charge in [0.1, 0.15) is 0 Å². The van der Waals surface area contributed by atoms with Gasteiger partial charge in [0, 0.05) is 11.9 Å². The molecule has 2 heterocycles. The number of hydrogen-bond donors (Lipinski definition) is 1. The number of nitrogens with one attached hydrogen (secondary N) is 1. The molecule has 5 nitrogen and oxygen atoms in total. The molecule has 134 valence electrons. The van der Waals surface area contributed by atoms with E-state index in [9.17, 15) is 4.79 Å². The van der Waals surface area contributed by atoms with Crippen LogP contribution in [-0.2, 0) is 12.8 Å². The third-order valence-electron chi connectivity index (χ3n) is 5.03. The van der Waals surface area contributed by atoms with Crippen LogP contribution in [0.1, 0.15) is 22.4 Å². The normalized spacial score (nSPS) is 14.4. The van der Waals surface area contributed by atoms with Crippen molar-refractivity contribution in [1.29, 1.82) is 0 Å². The van der Waals surface area contributed by atoms with Crippen LogP contribution in [0.2, 0.25) is 0 Å². The second-order valence-corrected chi connectivity index (χ2v) is 7.87. The molecule has 0 spiro atoms. The van der Waals surface area contributed by atoms with Crippen LogP contribution in [-0.4, -0.2) is 27.0 Å². The fourth-order valence-corrected chi connectivity index (χ4v) is 4.55. The minimum Gasteiger partial charge on any atom is -0.293 e. The van der Waals surface area contributed by atoms with Gasteiger partial charge < -0.3 is 0 Å². The molecule has 6 heteroatoms. The van der Waals surface area contributed by atoms with Gasteiger partial charge in [0.25, 0.3) is 5.56 Å². The highest BCUT2D eigenvalue weighted by atomic mass is 32.1. The molecule has 1 aliphatic rings. The number of aromatic amines is 1. The van der Waals surface area contributed by atoms with Gasteiger partial charge in [-0.3, -0.25) is 14.9 Å². The summed E-state index contributed by atoms with van der Waals surface area (Å²) < 4.78 is 2.58. The number of thiazole rings is 1. The Kier molecular flexibility index (Phi) is 3.79. The zero-order valence-corrected chi connectivity index (χ0v) is 15.7. The van der Waals surface area contributed by atoms with Gasteiger partial charge in [0.2, 0.25) is 5.13 Å². The fraction of sp³-hybridized carbons (Fsp3) is 0.190. The molecule has 0 saturated carbocycles. The third-order valence-corrected chi connectivity index (χ3v) is 6.06. The summed E-state index contributed by atoms with van der Waals surface area (Å²) in [5.74, 6) is 0. The first-order chi connectivity index (χ1) is 13.2. The maximum absolute atomic E-state index is 12.9. The van der Waals surface area contributed by atoms with Crippen molar-refractivity contribution in [3.8, 4) is 5.13 Å². The number of H-pyrrole nitrogens is 1. The zero-order chi connectivity index (χ0) is 18.4. The number of nitrogens with zero attached hydrogens (tertiary/aromatic N) is 3. The van der Waals surface area contributed by atoms with Crippen molar-refractivity contribution in [2.75, 3.05) is 0 Å².